The molecule has 0 bridgehead atoms. The molecule has 0 radical (unpaired) electrons. The second kappa shape index (κ2) is 4.60. The number of hydrogen-bond donors (Lipinski definition) is 2. The molecule has 0 aliphatic carbocycles. The number of nitrogens with one attached hydrogen (secondary N) is 2. The zero-order chi connectivity index (χ0) is 10.6. The van der Waals surface area contributed by atoms with Crippen LogP contribution in [0.15, 0.2) is 12.4 Å². The third-order valence-corrected chi connectivity index (χ3v) is 2.26. The fourth-order valence-electron chi connectivity index (χ4n) is 1.66. The molecule has 0 aliphatic heterocycles. The molecule has 1 aromatic rings. The van der Waals surface area contributed by atoms with Gasteiger partial charge in [-0.1, -0.05) is 20.8 Å². The number of H-pyrrole nitrogens is 1. The average molecular weight is 195 g/mol. The monoisotopic (exact) mass is 195 g/mol. The summed E-state index contributed by atoms with van der Waals surface area (Å²) in [6, 6.07) is 0.501. The fourth-order valence-corrected chi connectivity index (χ4v) is 1.66. The lowest BCUT2D eigenvalue weighted by Gasteiger charge is -2.25. The Morgan fingerprint density at radius 3 is 2.64 bits per heavy atom. The van der Waals surface area contributed by atoms with Gasteiger partial charge < -0.3 is 10.3 Å². The molecule has 80 valence electrons. The number of hydrogen-bond acceptors (Lipinski definition) is 2. The highest BCUT2D eigenvalue weighted by Crippen LogP contribution is 2.21. The van der Waals surface area contributed by atoms with Gasteiger partial charge in [-0.3, -0.25) is 0 Å². The van der Waals surface area contributed by atoms with Crippen molar-refractivity contribution in [1.82, 2.24) is 15.3 Å². The number of likely N-dealkylation sites (N-methyl/N-ethyl adjacent to an activating group) is 1. The van der Waals surface area contributed by atoms with Crippen molar-refractivity contribution in [1.29, 1.82) is 0 Å². The molecule has 0 amide bonds. The summed E-state index contributed by atoms with van der Waals surface area (Å²) in [5.74, 6) is 1.06. The molecule has 0 saturated heterocycles. The predicted molar refractivity (Wildman–Crippen MR) is 59.2 cm³/mol. The van der Waals surface area contributed by atoms with Crippen molar-refractivity contribution in [2.45, 2.75) is 39.7 Å². The molecule has 1 aromatic heterocycles. The Bertz CT molecular complexity index is 246. The molecule has 0 saturated carbocycles. The van der Waals surface area contributed by atoms with Gasteiger partial charge in [0.25, 0.3) is 0 Å². The Balaban J connectivity index is 2.47. The third kappa shape index (κ3) is 3.92. The number of imidazole rings is 1. The molecule has 14 heavy (non-hydrogen) atoms. The predicted octanol–water partition coefficient (Wildman–Crippen LogP) is 1.98. The maximum atomic E-state index is 4.24. The van der Waals surface area contributed by atoms with Crippen LogP contribution >= 0.6 is 0 Å². The number of nitrogens with zero attached hydrogens (tertiary/aromatic N) is 1. The summed E-state index contributed by atoms with van der Waals surface area (Å²) in [7, 11) is 2.01. The highest BCUT2D eigenvalue weighted by Gasteiger charge is 2.18. The van der Waals surface area contributed by atoms with Crippen LogP contribution in [0.1, 0.15) is 33.0 Å². The van der Waals surface area contributed by atoms with Gasteiger partial charge in [-0.25, -0.2) is 4.98 Å². The molecule has 2 N–H and O–H groups in total. The minimum atomic E-state index is 0.361. The minimum absolute atomic E-state index is 0.361. The first kappa shape index (κ1) is 11.2. The van der Waals surface area contributed by atoms with Gasteiger partial charge in [0, 0.05) is 24.9 Å². The normalized spacial score (nSPS) is 14.3. The van der Waals surface area contributed by atoms with E-state index in [1.165, 1.54) is 0 Å². The Hall–Kier alpha value is -0.830. The van der Waals surface area contributed by atoms with Crippen molar-refractivity contribution in [3.05, 3.63) is 18.2 Å². The van der Waals surface area contributed by atoms with E-state index in [1.807, 2.05) is 13.2 Å². The lowest BCUT2D eigenvalue weighted by Crippen LogP contribution is -2.32. The van der Waals surface area contributed by atoms with Crippen molar-refractivity contribution in [3.63, 3.8) is 0 Å². The van der Waals surface area contributed by atoms with E-state index >= 15 is 0 Å². The molecular formula is C11H21N3. The third-order valence-electron chi connectivity index (χ3n) is 2.26. The van der Waals surface area contributed by atoms with Crippen LogP contribution in [0.4, 0.5) is 0 Å². The van der Waals surface area contributed by atoms with Gasteiger partial charge in [0.15, 0.2) is 0 Å². The zero-order valence-electron chi connectivity index (χ0n) is 9.59. The summed E-state index contributed by atoms with van der Waals surface area (Å²) < 4.78 is 0. The number of aromatic nitrogens is 2. The van der Waals surface area contributed by atoms with Crippen molar-refractivity contribution in [2.24, 2.45) is 5.41 Å². The molecule has 1 heterocycles. The Morgan fingerprint density at radius 1 is 1.50 bits per heavy atom. The summed E-state index contributed by atoms with van der Waals surface area (Å²) in [4.78, 5) is 7.38. The zero-order valence-corrected chi connectivity index (χ0v) is 9.59. The topological polar surface area (TPSA) is 40.7 Å². The highest BCUT2D eigenvalue weighted by molar-refractivity contribution is 4.91. The van der Waals surface area contributed by atoms with Crippen molar-refractivity contribution in [2.75, 3.05) is 7.05 Å². The van der Waals surface area contributed by atoms with E-state index < -0.39 is 0 Å². The van der Waals surface area contributed by atoms with Crippen molar-refractivity contribution < 1.29 is 0 Å². The molecule has 1 unspecified atom stereocenters. The summed E-state index contributed by atoms with van der Waals surface area (Å²) in [5.41, 5.74) is 0.361. The summed E-state index contributed by atoms with van der Waals surface area (Å²) in [6.45, 7) is 6.79. The molecule has 0 spiro atoms. The van der Waals surface area contributed by atoms with Gasteiger partial charge in [0.2, 0.25) is 0 Å². The number of aromatic amines is 1. The van der Waals surface area contributed by atoms with Gasteiger partial charge in [-0.15, -0.1) is 0 Å². The Labute approximate surface area is 86.3 Å². The molecule has 1 rings (SSSR count). The van der Waals surface area contributed by atoms with Crippen molar-refractivity contribution in [3.8, 4) is 0 Å². The lowest BCUT2D eigenvalue weighted by atomic mass is 9.87. The summed E-state index contributed by atoms with van der Waals surface area (Å²) in [5, 5.41) is 3.34. The van der Waals surface area contributed by atoms with Crippen LogP contribution < -0.4 is 5.32 Å². The van der Waals surface area contributed by atoms with Gasteiger partial charge in [0.1, 0.15) is 5.82 Å². The van der Waals surface area contributed by atoms with E-state index in [0.29, 0.717) is 11.5 Å². The van der Waals surface area contributed by atoms with Crippen LogP contribution in [0.3, 0.4) is 0 Å². The second-order valence-electron chi connectivity index (χ2n) is 4.99. The molecule has 0 aromatic carbocycles. The van der Waals surface area contributed by atoms with E-state index in [1.54, 1.807) is 6.20 Å². The maximum Gasteiger partial charge on any atom is 0.107 e. The molecule has 3 heteroatoms. The van der Waals surface area contributed by atoms with Gasteiger partial charge in [0.05, 0.1) is 0 Å². The van der Waals surface area contributed by atoms with Crippen LogP contribution in [-0.2, 0) is 6.42 Å². The molecule has 1 atom stereocenters. The fraction of sp³-hybridized carbons (Fsp3) is 0.727. The van der Waals surface area contributed by atoms with Crippen LogP contribution in [0.25, 0.3) is 0 Å². The molecular weight excluding hydrogens is 174 g/mol. The van der Waals surface area contributed by atoms with Gasteiger partial charge in [-0.05, 0) is 18.9 Å². The summed E-state index contributed by atoms with van der Waals surface area (Å²) >= 11 is 0. The Kier molecular flexibility index (Phi) is 3.69. The second-order valence-corrected chi connectivity index (χ2v) is 4.99. The first-order valence-corrected chi connectivity index (χ1v) is 5.17. The number of rotatable bonds is 4. The quantitative estimate of drug-likeness (QED) is 0.771. The minimum Gasteiger partial charge on any atom is -0.349 e. The maximum absolute atomic E-state index is 4.24. The molecule has 3 nitrogen and oxygen atoms in total. The Morgan fingerprint density at radius 2 is 2.21 bits per heavy atom. The summed E-state index contributed by atoms with van der Waals surface area (Å²) in [6.07, 6.45) is 5.81. The average Bonchev–Trinajstić information content (AvgIpc) is 2.53. The molecule has 0 aliphatic rings. The largest absolute Gasteiger partial charge is 0.349 e. The van der Waals surface area contributed by atoms with Gasteiger partial charge in [-0.2, -0.15) is 0 Å². The van der Waals surface area contributed by atoms with Crippen LogP contribution in [0, 0.1) is 5.41 Å². The van der Waals surface area contributed by atoms with Crippen molar-refractivity contribution >= 4 is 0 Å². The first-order chi connectivity index (χ1) is 6.51. The van der Waals surface area contributed by atoms with E-state index in [0.717, 1.165) is 18.7 Å². The standard InChI is InChI=1S/C11H21N3/c1-11(2,3)8-9(12-4)7-10-13-5-6-14-10/h5-6,9,12H,7-8H2,1-4H3,(H,13,14). The van der Waals surface area contributed by atoms with Crippen LogP contribution in [0.5, 0.6) is 0 Å². The van der Waals surface area contributed by atoms with E-state index in [2.05, 4.69) is 36.1 Å². The highest BCUT2D eigenvalue weighted by atomic mass is 14.9. The van der Waals surface area contributed by atoms with Gasteiger partial charge >= 0.3 is 0 Å². The lowest BCUT2D eigenvalue weighted by molar-refractivity contribution is 0.314. The SMILES string of the molecule is CNC(Cc1ncc[nH]1)CC(C)(C)C. The van der Waals surface area contributed by atoms with E-state index in [4.69, 9.17) is 0 Å². The van der Waals surface area contributed by atoms with Crippen LogP contribution in [0.2, 0.25) is 0 Å². The smallest absolute Gasteiger partial charge is 0.107 e. The molecule has 0 fully saturated rings. The van der Waals surface area contributed by atoms with Crippen LogP contribution in [-0.4, -0.2) is 23.1 Å². The van der Waals surface area contributed by atoms with E-state index in [9.17, 15) is 0 Å². The first-order valence-electron chi connectivity index (χ1n) is 5.17. The van der Waals surface area contributed by atoms with E-state index in [-0.39, 0.29) is 0 Å².